The Morgan fingerprint density at radius 2 is 1.52 bits per heavy atom. The molecule has 3 aromatic rings. The van der Waals surface area contributed by atoms with Gasteiger partial charge < -0.3 is 0 Å². The second-order valence-corrected chi connectivity index (χ2v) is 16.7. The van der Waals surface area contributed by atoms with Crippen LogP contribution in [0.3, 0.4) is 0 Å². The van der Waals surface area contributed by atoms with Gasteiger partial charge in [-0.25, -0.2) is 0 Å². The molecule has 0 saturated carbocycles. The summed E-state index contributed by atoms with van der Waals surface area (Å²) in [4.78, 5) is 0. The Balaban J connectivity index is 2.01. The minimum atomic E-state index is -2.52. The van der Waals surface area contributed by atoms with Crippen LogP contribution in [-0.2, 0) is 25.8 Å². The Hall–Kier alpha value is -1.14. The first kappa shape index (κ1) is 21.1. The normalized spacial score (nSPS) is 15.4. The molecule has 3 heteroatoms. The van der Waals surface area contributed by atoms with E-state index in [9.17, 15) is 0 Å². The molecule has 4 rings (SSSR count). The summed E-state index contributed by atoms with van der Waals surface area (Å²) in [5.41, 5.74) is 10.6. The van der Waals surface area contributed by atoms with Crippen molar-refractivity contribution in [1.29, 1.82) is 0 Å². The van der Waals surface area contributed by atoms with E-state index in [1.54, 1.807) is 0 Å². The van der Waals surface area contributed by atoms with Gasteiger partial charge in [-0.2, -0.15) is 0 Å². The van der Waals surface area contributed by atoms with E-state index in [1.165, 1.54) is 44.5 Å². The molecule has 0 nitrogen and oxygen atoms in total. The first-order valence-corrected chi connectivity index (χ1v) is 18.0. The van der Waals surface area contributed by atoms with Gasteiger partial charge in [-0.15, -0.1) is 0 Å². The topological polar surface area (TPSA) is 0 Å². The Kier molecular flexibility index (Phi) is 6.50. The number of hydrogen-bond acceptors (Lipinski definition) is 0. The number of benzene rings is 3. The molecule has 0 bridgehead atoms. The van der Waals surface area contributed by atoms with E-state index in [0.717, 1.165) is 6.42 Å². The van der Waals surface area contributed by atoms with Crippen molar-refractivity contribution in [1.82, 2.24) is 0 Å². The summed E-state index contributed by atoms with van der Waals surface area (Å²) in [6.07, 6.45) is 3.39. The Bertz CT molecular complexity index is 1050. The van der Waals surface area contributed by atoms with Gasteiger partial charge in [-0.05, 0) is 0 Å². The third-order valence-corrected chi connectivity index (χ3v) is 11.1. The quantitative estimate of drug-likeness (QED) is 0.330. The molecule has 147 valence electrons. The predicted molar refractivity (Wildman–Crippen MR) is 124 cm³/mol. The van der Waals surface area contributed by atoms with E-state index < -0.39 is 19.4 Å². The van der Waals surface area contributed by atoms with Crippen molar-refractivity contribution in [3.05, 3.63) is 89.0 Å². The number of rotatable bonds is 5. The summed E-state index contributed by atoms with van der Waals surface area (Å²) in [5.74, 6) is 0.447. The Morgan fingerprint density at radius 1 is 0.862 bits per heavy atom. The van der Waals surface area contributed by atoms with Gasteiger partial charge in [0.25, 0.3) is 0 Å². The standard InChI is InChI=1S/C26H25.2ClH.Zr/c1-4-19-14-15-21-16-22(18(2)3)17-25(21)26(19)24-13-9-8-12-23(24)20-10-6-5-7-11-20;;;/h5-18H,4H2,1-3H3;2*1H;/q;;;+2/p-2. The van der Waals surface area contributed by atoms with Crippen molar-refractivity contribution < 1.29 is 19.4 Å². The summed E-state index contributed by atoms with van der Waals surface area (Å²) in [5, 5.41) is 0. The number of hydrogen-bond donors (Lipinski definition) is 0. The minimum absolute atomic E-state index is 0.254. The predicted octanol–water partition coefficient (Wildman–Crippen LogP) is 8.60. The van der Waals surface area contributed by atoms with Crippen LogP contribution in [0.15, 0.2) is 72.3 Å². The SMILES string of the molecule is CCc1ccc2c(c1-c1ccccc1-c1ccccc1)C=C(C(C)C)[CH]2[Zr]([Cl])[Cl]. The van der Waals surface area contributed by atoms with Crippen LogP contribution in [0.4, 0.5) is 0 Å². The second-order valence-electron chi connectivity index (χ2n) is 7.89. The molecule has 0 aromatic heterocycles. The molecule has 3 aromatic carbocycles. The van der Waals surface area contributed by atoms with Crippen LogP contribution in [0.2, 0.25) is 0 Å². The maximum absolute atomic E-state index is 6.67. The zero-order valence-electron chi connectivity index (χ0n) is 17.0. The third-order valence-electron chi connectivity index (χ3n) is 5.87. The molecule has 0 spiro atoms. The molecule has 0 heterocycles. The van der Waals surface area contributed by atoms with Gasteiger partial charge >= 0.3 is 190 Å². The van der Waals surface area contributed by atoms with Gasteiger partial charge in [-0.3, -0.25) is 0 Å². The van der Waals surface area contributed by atoms with Crippen molar-refractivity contribution in [3.8, 4) is 22.3 Å². The number of fused-ring (bicyclic) bond motifs is 1. The molecule has 0 amide bonds. The first-order valence-electron chi connectivity index (χ1n) is 10.2. The van der Waals surface area contributed by atoms with Gasteiger partial charge in [-0.1, -0.05) is 0 Å². The molecule has 1 unspecified atom stereocenters. The zero-order valence-corrected chi connectivity index (χ0v) is 21.0. The number of aryl methyl sites for hydroxylation is 1. The van der Waals surface area contributed by atoms with Crippen LogP contribution >= 0.6 is 17.0 Å². The van der Waals surface area contributed by atoms with E-state index in [0.29, 0.717) is 5.92 Å². The summed E-state index contributed by atoms with van der Waals surface area (Å²) in [6.45, 7) is 6.74. The van der Waals surface area contributed by atoms with Crippen LogP contribution in [0, 0.1) is 5.92 Å². The van der Waals surface area contributed by atoms with E-state index in [2.05, 4.69) is 93.6 Å². The van der Waals surface area contributed by atoms with Crippen molar-refractivity contribution in [3.63, 3.8) is 0 Å². The molecular formula is C26H25Cl2Zr. The summed E-state index contributed by atoms with van der Waals surface area (Å²) in [6, 6.07) is 24.0. The average Bonchev–Trinajstić information content (AvgIpc) is 3.14. The van der Waals surface area contributed by atoms with Crippen molar-refractivity contribution >= 4 is 23.1 Å². The molecule has 0 aliphatic heterocycles. The van der Waals surface area contributed by atoms with Gasteiger partial charge in [0.1, 0.15) is 0 Å². The summed E-state index contributed by atoms with van der Waals surface area (Å²) < 4.78 is 0.254. The fraction of sp³-hybridized carbons (Fsp3) is 0.231. The van der Waals surface area contributed by atoms with E-state index in [1.807, 2.05) is 0 Å². The molecule has 29 heavy (non-hydrogen) atoms. The Labute approximate surface area is 189 Å². The van der Waals surface area contributed by atoms with Crippen molar-refractivity contribution in [2.24, 2.45) is 5.92 Å². The van der Waals surface area contributed by atoms with Crippen LogP contribution in [0.25, 0.3) is 28.3 Å². The number of halogens is 2. The molecule has 1 aliphatic carbocycles. The fourth-order valence-electron chi connectivity index (χ4n) is 4.44. The summed E-state index contributed by atoms with van der Waals surface area (Å²) >= 11 is -2.52. The van der Waals surface area contributed by atoms with Gasteiger partial charge in [0, 0.05) is 0 Å². The van der Waals surface area contributed by atoms with Gasteiger partial charge in [0.2, 0.25) is 0 Å². The van der Waals surface area contributed by atoms with Crippen LogP contribution in [-0.4, -0.2) is 0 Å². The van der Waals surface area contributed by atoms with E-state index >= 15 is 0 Å². The van der Waals surface area contributed by atoms with Crippen LogP contribution in [0.1, 0.15) is 41.1 Å². The molecular weight excluding hydrogens is 474 g/mol. The molecule has 0 saturated heterocycles. The second kappa shape index (κ2) is 8.93. The van der Waals surface area contributed by atoms with Crippen LogP contribution in [0.5, 0.6) is 0 Å². The van der Waals surface area contributed by atoms with Crippen molar-refractivity contribution in [2.75, 3.05) is 0 Å². The molecule has 0 radical (unpaired) electrons. The fourth-order valence-corrected chi connectivity index (χ4v) is 10.2. The maximum atomic E-state index is 6.67. The molecule has 1 aliphatic rings. The number of allylic oxidation sites excluding steroid dienone is 1. The van der Waals surface area contributed by atoms with E-state index in [-0.39, 0.29) is 3.63 Å². The van der Waals surface area contributed by atoms with Crippen molar-refractivity contribution in [2.45, 2.75) is 30.8 Å². The van der Waals surface area contributed by atoms with E-state index in [4.69, 9.17) is 17.0 Å². The molecule has 0 N–H and O–H groups in total. The molecule has 1 atom stereocenters. The zero-order chi connectivity index (χ0) is 20.5. The monoisotopic (exact) mass is 497 g/mol. The third kappa shape index (κ3) is 3.95. The van der Waals surface area contributed by atoms with Gasteiger partial charge in [0.15, 0.2) is 0 Å². The summed E-state index contributed by atoms with van der Waals surface area (Å²) in [7, 11) is 13.3. The molecule has 0 fully saturated rings. The van der Waals surface area contributed by atoms with Crippen LogP contribution < -0.4 is 0 Å². The Morgan fingerprint density at radius 3 is 2.14 bits per heavy atom. The average molecular weight is 500 g/mol. The van der Waals surface area contributed by atoms with Gasteiger partial charge in [0.05, 0.1) is 0 Å². The first-order chi connectivity index (χ1) is 14.0.